The highest BCUT2D eigenvalue weighted by atomic mass is 19.3. The molecule has 1 unspecified atom stereocenters. The highest BCUT2D eigenvalue weighted by Gasteiger charge is 2.36. The normalized spacial score (nSPS) is 18.5. The molecule has 1 atom stereocenters. The predicted octanol–water partition coefficient (Wildman–Crippen LogP) is 3.07. The van der Waals surface area contributed by atoms with E-state index < -0.39 is 12.2 Å². The van der Waals surface area contributed by atoms with Gasteiger partial charge in [0.05, 0.1) is 19.2 Å². The zero-order valence-corrected chi connectivity index (χ0v) is 18.4. The lowest BCUT2D eigenvalue weighted by Gasteiger charge is -2.39. The van der Waals surface area contributed by atoms with Gasteiger partial charge in [-0.25, -0.2) is 4.79 Å². The molecule has 8 nitrogen and oxygen atoms in total. The molecule has 0 aliphatic carbocycles. The zero-order valence-electron chi connectivity index (χ0n) is 18.4. The number of amides is 1. The first-order chi connectivity index (χ1) is 14.7. The number of hydrogen-bond acceptors (Lipinski definition) is 7. The van der Waals surface area contributed by atoms with Gasteiger partial charge in [-0.2, -0.15) is 8.78 Å². The summed E-state index contributed by atoms with van der Waals surface area (Å²) in [6.07, 6.45) is -0.303. The molecule has 10 heteroatoms. The maximum atomic E-state index is 12.6. The summed E-state index contributed by atoms with van der Waals surface area (Å²) in [5, 5.41) is 3.31. The minimum absolute atomic E-state index is 0.0112. The number of carbonyl (C=O) groups is 1. The van der Waals surface area contributed by atoms with Crippen molar-refractivity contribution in [2.75, 3.05) is 32.8 Å². The van der Waals surface area contributed by atoms with Crippen molar-refractivity contribution < 1.29 is 27.8 Å². The van der Waals surface area contributed by atoms with E-state index in [1.165, 1.54) is 6.07 Å². The molecule has 1 aromatic rings. The molecule has 0 bridgehead atoms. The third kappa shape index (κ3) is 6.11. The summed E-state index contributed by atoms with van der Waals surface area (Å²) in [7, 11) is 0. The van der Waals surface area contributed by atoms with E-state index in [0.29, 0.717) is 39.3 Å². The van der Waals surface area contributed by atoms with Crippen LogP contribution in [0, 0.1) is 0 Å². The van der Waals surface area contributed by atoms with Crippen molar-refractivity contribution in [1.82, 2.24) is 15.1 Å². The third-order valence-corrected chi connectivity index (χ3v) is 4.83. The number of alkyl halides is 2. The number of nitrogens with one attached hydrogen (secondary N) is 1. The molecule has 1 fully saturated rings. The predicted molar refractivity (Wildman–Crippen MR) is 112 cm³/mol. The van der Waals surface area contributed by atoms with Crippen LogP contribution in [-0.2, 0) is 11.3 Å². The summed E-state index contributed by atoms with van der Waals surface area (Å²) in [5.74, 6) is 1.05. The molecular weight excluding hydrogens is 410 g/mol. The minimum atomic E-state index is -2.91. The largest absolute Gasteiger partial charge is 0.490 e. The van der Waals surface area contributed by atoms with Crippen LogP contribution in [0.15, 0.2) is 23.2 Å². The number of rotatable bonds is 6. The number of aliphatic imine (C=N–C) groups is 1. The fourth-order valence-corrected chi connectivity index (χ4v) is 3.53. The summed E-state index contributed by atoms with van der Waals surface area (Å²) < 4.78 is 40.5. The number of nitrogens with zero attached hydrogens (tertiary/aromatic N) is 3. The molecule has 2 aliphatic heterocycles. The Hall–Kier alpha value is -2.78. The van der Waals surface area contributed by atoms with Gasteiger partial charge in [0.25, 0.3) is 0 Å². The number of ether oxygens (including phenoxy) is 3. The first-order valence-corrected chi connectivity index (χ1v) is 10.4. The summed E-state index contributed by atoms with van der Waals surface area (Å²) >= 11 is 0. The van der Waals surface area contributed by atoms with Crippen LogP contribution in [0.2, 0.25) is 0 Å². The third-order valence-electron chi connectivity index (χ3n) is 4.83. The molecule has 0 saturated carbocycles. The van der Waals surface area contributed by atoms with Gasteiger partial charge in [-0.15, -0.1) is 0 Å². The van der Waals surface area contributed by atoms with Gasteiger partial charge in [0.1, 0.15) is 5.60 Å². The summed E-state index contributed by atoms with van der Waals surface area (Å²) in [6, 6.07) is 4.97. The van der Waals surface area contributed by atoms with Crippen LogP contribution < -0.4 is 14.8 Å². The molecule has 2 aliphatic rings. The van der Waals surface area contributed by atoms with Crippen molar-refractivity contribution in [3.8, 4) is 11.5 Å². The molecule has 31 heavy (non-hydrogen) atoms. The summed E-state index contributed by atoms with van der Waals surface area (Å²) in [5.41, 5.74) is 0.326. The van der Waals surface area contributed by atoms with Gasteiger partial charge < -0.3 is 29.3 Å². The Morgan fingerprint density at radius 2 is 2.06 bits per heavy atom. The van der Waals surface area contributed by atoms with Crippen molar-refractivity contribution in [3.63, 3.8) is 0 Å². The topological polar surface area (TPSA) is 75.6 Å². The molecule has 1 saturated heterocycles. The fourth-order valence-electron chi connectivity index (χ4n) is 3.53. The van der Waals surface area contributed by atoms with Crippen LogP contribution in [-0.4, -0.2) is 72.9 Å². The number of piperazine rings is 1. The Bertz CT molecular complexity index is 813. The number of hydrogen-bond donors (Lipinski definition) is 1. The van der Waals surface area contributed by atoms with E-state index in [-0.39, 0.29) is 23.6 Å². The number of carbonyl (C=O) groups excluding carboxylic acids is 1. The van der Waals surface area contributed by atoms with Crippen LogP contribution >= 0.6 is 0 Å². The van der Waals surface area contributed by atoms with Crippen LogP contribution in [0.5, 0.6) is 11.5 Å². The van der Waals surface area contributed by atoms with E-state index in [2.05, 4.69) is 19.9 Å². The average Bonchev–Trinajstić information content (AvgIpc) is 3.09. The zero-order chi connectivity index (χ0) is 22.6. The number of benzene rings is 1. The molecular formula is C21H30F2N4O4. The van der Waals surface area contributed by atoms with Crippen molar-refractivity contribution in [2.24, 2.45) is 4.99 Å². The van der Waals surface area contributed by atoms with Gasteiger partial charge in [0, 0.05) is 26.2 Å². The lowest BCUT2D eigenvalue weighted by molar-refractivity contribution is -0.0514. The van der Waals surface area contributed by atoms with Crippen LogP contribution in [0.25, 0.3) is 0 Å². The fraction of sp³-hybridized carbons (Fsp3) is 0.619. The van der Waals surface area contributed by atoms with E-state index in [9.17, 15) is 13.6 Å². The Labute approximate surface area is 181 Å². The number of halogens is 2. The van der Waals surface area contributed by atoms with Gasteiger partial charge in [-0.1, -0.05) is 6.07 Å². The Balaban J connectivity index is 1.56. The van der Waals surface area contributed by atoms with Crippen LogP contribution in [0.1, 0.15) is 33.3 Å². The molecule has 1 N–H and O–H groups in total. The maximum absolute atomic E-state index is 12.6. The van der Waals surface area contributed by atoms with E-state index in [4.69, 9.17) is 9.47 Å². The van der Waals surface area contributed by atoms with E-state index in [0.717, 1.165) is 11.5 Å². The van der Waals surface area contributed by atoms with E-state index in [1.807, 2.05) is 20.8 Å². The van der Waals surface area contributed by atoms with Crippen molar-refractivity contribution in [1.29, 1.82) is 0 Å². The average molecular weight is 440 g/mol. The Morgan fingerprint density at radius 1 is 1.29 bits per heavy atom. The summed E-state index contributed by atoms with van der Waals surface area (Å²) in [6.45, 7) is 7.57. The Morgan fingerprint density at radius 3 is 2.74 bits per heavy atom. The highest BCUT2D eigenvalue weighted by Crippen LogP contribution is 2.30. The van der Waals surface area contributed by atoms with E-state index in [1.54, 1.807) is 24.0 Å². The minimum Gasteiger partial charge on any atom is -0.490 e. The van der Waals surface area contributed by atoms with Crippen LogP contribution in [0.4, 0.5) is 13.6 Å². The lowest BCUT2D eigenvalue weighted by atomic mass is 10.2. The van der Waals surface area contributed by atoms with Gasteiger partial charge >= 0.3 is 12.7 Å². The van der Waals surface area contributed by atoms with Gasteiger partial charge in [-0.3, -0.25) is 4.99 Å². The molecule has 2 heterocycles. The first kappa shape index (κ1) is 22.9. The molecule has 1 amide bonds. The van der Waals surface area contributed by atoms with Gasteiger partial charge in [-0.05, 0) is 45.4 Å². The van der Waals surface area contributed by atoms with Crippen LogP contribution in [0.3, 0.4) is 0 Å². The summed E-state index contributed by atoms with van der Waals surface area (Å²) in [4.78, 5) is 20.8. The SMILES string of the molecule is CCOc1cc(CNC2=NCC3CN(C(=O)OC(C)(C)C)CCN23)ccc1OC(F)F. The Kier molecular flexibility index (Phi) is 7.07. The monoisotopic (exact) mass is 440 g/mol. The number of guanidine groups is 1. The van der Waals surface area contributed by atoms with Gasteiger partial charge in [0.15, 0.2) is 17.5 Å². The standard InChI is InChI=1S/C21H30F2N4O4/c1-5-29-17-10-14(6-7-16(17)30-18(22)23)11-24-19-25-12-15-13-26(8-9-27(15)19)20(28)31-21(2,3)4/h6-7,10,15,18H,5,8-9,11-13H2,1-4H3,(H,24,25). The molecule has 0 radical (unpaired) electrons. The quantitative estimate of drug-likeness (QED) is 0.733. The van der Waals surface area contributed by atoms with E-state index >= 15 is 0 Å². The molecule has 0 spiro atoms. The first-order valence-electron chi connectivity index (χ1n) is 10.4. The van der Waals surface area contributed by atoms with Gasteiger partial charge in [0.2, 0.25) is 0 Å². The molecule has 0 aromatic heterocycles. The lowest BCUT2D eigenvalue weighted by Crippen LogP contribution is -2.57. The van der Waals surface area contributed by atoms with Crippen molar-refractivity contribution in [3.05, 3.63) is 23.8 Å². The highest BCUT2D eigenvalue weighted by molar-refractivity contribution is 5.82. The maximum Gasteiger partial charge on any atom is 0.410 e. The molecule has 1 aromatic carbocycles. The second kappa shape index (κ2) is 9.57. The van der Waals surface area contributed by atoms with Crippen molar-refractivity contribution >= 4 is 12.1 Å². The second-order valence-electron chi connectivity index (χ2n) is 8.38. The number of fused-ring (bicyclic) bond motifs is 1. The molecule has 172 valence electrons. The molecule has 3 rings (SSSR count). The smallest absolute Gasteiger partial charge is 0.410 e. The second-order valence-corrected chi connectivity index (χ2v) is 8.38. The van der Waals surface area contributed by atoms with Crippen molar-refractivity contribution in [2.45, 2.75) is 52.5 Å².